The molecule has 2 N–H and O–H groups in total. The smallest absolute Gasteiger partial charge is 0.273 e. The van der Waals surface area contributed by atoms with Crippen LogP contribution in [0.2, 0.25) is 5.02 Å². The van der Waals surface area contributed by atoms with E-state index in [1.807, 2.05) is 67.3 Å². The van der Waals surface area contributed by atoms with Crippen LogP contribution in [0.4, 0.5) is 0 Å². The van der Waals surface area contributed by atoms with Crippen LogP contribution in [0.1, 0.15) is 65.5 Å². The summed E-state index contributed by atoms with van der Waals surface area (Å²) in [7, 11) is 0. The first-order valence-corrected chi connectivity index (χ1v) is 13.6. The molecule has 39 heavy (non-hydrogen) atoms. The Bertz CT molecular complexity index is 1480. The van der Waals surface area contributed by atoms with Gasteiger partial charge >= 0.3 is 0 Å². The molecule has 0 fully saturated rings. The fraction of sp³-hybridized carbons (Fsp3) is 0.290. The number of phenolic OH excluding ortho intramolecular Hbond substituents is 1. The molecule has 0 saturated heterocycles. The zero-order chi connectivity index (χ0) is 27.5. The summed E-state index contributed by atoms with van der Waals surface area (Å²) in [4.78, 5) is 15.6. The topological polar surface area (TPSA) is 87.7 Å². The minimum Gasteiger partial charge on any atom is -0.507 e. The summed E-state index contributed by atoms with van der Waals surface area (Å²) < 4.78 is 12.0. The Morgan fingerprint density at radius 2 is 1.85 bits per heavy atom. The van der Waals surface area contributed by atoms with E-state index in [2.05, 4.69) is 17.1 Å². The average molecular weight is 546 g/mol. The lowest BCUT2D eigenvalue weighted by atomic mass is 9.94. The molecule has 0 radical (unpaired) electrons. The van der Waals surface area contributed by atoms with E-state index >= 15 is 0 Å². The van der Waals surface area contributed by atoms with Gasteiger partial charge in [-0.05, 0) is 61.2 Å². The highest BCUT2D eigenvalue weighted by atomic mass is 35.5. The third-order valence-electron chi connectivity index (χ3n) is 6.93. The Labute approximate surface area is 233 Å². The van der Waals surface area contributed by atoms with Crippen molar-refractivity contribution < 1.29 is 19.4 Å². The molecule has 1 unspecified atom stereocenters. The third kappa shape index (κ3) is 5.19. The molecule has 0 saturated carbocycles. The highest BCUT2D eigenvalue weighted by molar-refractivity contribution is 6.31. The molecule has 0 spiro atoms. The number of ether oxygens (including phenoxy) is 2. The van der Waals surface area contributed by atoms with Crippen LogP contribution in [-0.2, 0) is 6.54 Å². The number of carbonyl (C=O) groups excluding carboxylic acids is 1. The number of aromatic nitrogens is 2. The number of hydrogen-bond acceptors (Lipinski definition) is 5. The van der Waals surface area contributed by atoms with E-state index in [9.17, 15) is 9.90 Å². The minimum atomic E-state index is -0.482. The number of aromatic amines is 1. The van der Waals surface area contributed by atoms with Crippen LogP contribution in [0, 0.1) is 6.92 Å². The lowest BCUT2D eigenvalue weighted by molar-refractivity contribution is 0.0729. The molecule has 2 heterocycles. The quantitative estimate of drug-likeness (QED) is 0.208. The highest BCUT2D eigenvalue weighted by Gasteiger charge is 2.43. The fourth-order valence-corrected chi connectivity index (χ4v) is 5.12. The first kappa shape index (κ1) is 26.6. The maximum absolute atomic E-state index is 13.8. The number of phenols is 1. The predicted molar refractivity (Wildman–Crippen MR) is 152 cm³/mol. The number of unbranched alkanes of at least 4 members (excludes halogenated alkanes) is 1. The lowest BCUT2D eigenvalue weighted by Gasteiger charge is -2.27. The SMILES string of the molecule is CCCCOc1ccc(C2c3c(-c4cc(Cl)c(C)cc4O)n[nH]c3C(=O)N2Cc2ccccc2)cc1OCC. The van der Waals surface area contributed by atoms with Gasteiger partial charge in [0.25, 0.3) is 5.91 Å². The number of rotatable bonds is 10. The zero-order valence-electron chi connectivity index (χ0n) is 22.3. The number of carbonyl (C=O) groups is 1. The predicted octanol–water partition coefficient (Wildman–Crippen LogP) is 7.07. The van der Waals surface area contributed by atoms with Gasteiger partial charge in [-0.2, -0.15) is 5.10 Å². The summed E-state index contributed by atoms with van der Waals surface area (Å²) in [6.07, 6.45) is 1.97. The molecular formula is C31H32ClN3O4. The number of fused-ring (bicyclic) bond motifs is 1. The average Bonchev–Trinajstić information content (AvgIpc) is 3.47. The van der Waals surface area contributed by atoms with E-state index in [1.165, 1.54) is 0 Å². The molecule has 1 aliphatic rings. The minimum absolute atomic E-state index is 0.0496. The van der Waals surface area contributed by atoms with Gasteiger partial charge in [-0.3, -0.25) is 9.89 Å². The molecule has 1 atom stereocenters. The van der Waals surface area contributed by atoms with Crippen LogP contribution < -0.4 is 9.47 Å². The van der Waals surface area contributed by atoms with E-state index < -0.39 is 6.04 Å². The lowest BCUT2D eigenvalue weighted by Crippen LogP contribution is -2.29. The maximum Gasteiger partial charge on any atom is 0.273 e. The standard InChI is InChI=1S/C31H32ClN3O4/c1-4-6-14-39-25-13-12-21(16-26(25)38-5-2)30-27-28(22-17-23(32)19(3)15-24(22)36)33-34-29(27)31(37)35(30)18-20-10-8-7-9-11-20/h7-13,15-17,30,36H,4-6,14,18H2,1-3H3,(H,33,34). The second-order valence-corrected chi connectivity index (χ2v) is 10.0. The molecular weight excluding hydrogens is 514 g/mol. The van der Waals surface area contributed by atoms with Gasteiger partial charge in [-0.25, -0.2) is 0 Å². The summed E-state index contributed by atoms with van der Waals surface area (Å²) in [6, 6.07) is 18.5. The maximum atomic E-state index is 13.8. The van der Waals surface area contributed by atoms with Crippen LogP contribution in [0.15, 0.2) is 60.7 Å². The van der Waals surface area contributed by atoms with Crippen LogP contribution in [0.5, 0.6) is 17.2 Å². The summed E-state index contributed by atoms with van der Waals surface area (Å²) in [5, 5.41) is 18.8. The molecule has 1 amide bonds. The van der Waals surface area contributed by atoms with Crippen molar-refractivity contribution in [2.75, 3.05) is 13.2 Å². The van der Waals surface area contributed by atoms with Crippen molar-refractivity contribution in [3.8, 4) is 28.5 Å². The molecule has 202 valence electrons. The number of aromatic hydroxyl groups is 1. The van der Waals surface area contributed by atoms with Crippen LogP contribution in [0.3, 0.4) is 0 Å². The number of H-pyrrole nitrogens is 1. The second-order valence-electron chi connectivity index (χ2n) is 9.64. The largest absolute Gasteiger partial charge is 0.507 e. The number of nitrogens with one attached hydrogen (secondary N) is 1. The number of nitrogens with zero attached hydrogens (tertiary/aromatic N) is 2. The molecule has 1 aromatic heterocycles. The van der Waals surface area contributed by atoms with E-state index in [1.54, 1.807) is 12.1 Å². The van der Waals surface area contributed by atoms with E-state index in [0.29, 0.717) is 58.8 Å². The van der Waals surface area contributed by atoms with Crippen molar-refractivity contribution in [1.82, 2.24) is 15.1 Å². The Morgan fingerprint density at radius 1 is 1.05 bits per heavy atom. The number of amides is 1. The first-order chi connectivity index (χ1) is 18.9. The normalized spacial score (nSPS) is 14.5. The van der Waals surface area contributed by atoms with E-state index in [4.69, 9.17) is 21.1 Å². The monoisotopic (exact) mass is 545 g/mol. The molecule has 5 rings (SSSR count). The molecule has 0 aliphatic carbocycles. The molecule has 0 bridgehead atoms. The second kappa shape index (κ2) is 11.4. The number of aryl methyl sites for hydroxylation is 1. The van der Waals surface area contributed by atoms with Crippen LogP contribution in [-0.4, -0.2) is 39.3 Å². The van der Waals surface area contributed by atoms with Crippen LogP contribution >= 0.6 is 11.6 Å². The summed E-state index contributed by atoms with van der Waals surface area (Å²) >= 11 is 6.44. The summed E-state index contributed by atoms with van der Waals surface area (Å²) in [5.74, 6) is 1.17. The zero-order valence-corrected chi connectivity index (χ0v) is 23.1. The van der Waals surface area contributed by atoms with E-state index in [0.717, 1.165) is 29.5 Å². The van der Waals surface area contributed by atoms with Crippen molar-refractivity contribution in [1.29, 1.82) is 0 Å². The highest BCUT2D eigenvalue weighted by Crippen LogP contribution is 2.47. The summed E-state index contributed by atoms with van der Waals surface area (Å²) in [6.45, 7) is 7.34. The van der Waals surface area contributed by atoms with Crippen molar-refractivity contribution in [3.05, 3.63) is 93.6 Å². The molecule has 7 nitrogen and oxygen atoms in total. The van der Waals surface area contributed by atoms with Crippen molar-refractivity contribution in [3.63, 3.8) is 0 Å². The summed E-state index contributed by atoms with van der Waals surface area (Å²) in [5.41, 5.74) is 4.64. The van der Waals surface area contributed by atoms with Gasteiger partial charge in [0.2, 0.25) is 0 Å². The Hall–Kier alpha value is -3.97. The number of benzene rings is 3. The van der Waals surface area contributed by atoms with Crippen molar-refractivity contribution in [2.45, 2.75) is 46.2 Å². The van der Waals surface area contributed by atoms with E-state index in [-0.39, 0.29) is 11.7 Å². The number of hydrogen-bond donors (Lipinski definition) is 2. The molecule has 8 heteroatoms. The van der Waals surface area contributed by atoms with Crippen molar-refractivity contribution >= 4 is 17.5 Å². The Morgan fingerprint density at radius 3 is 2.59 bits per heavy atom. The van der Waals surface area contributed by atoms with Gasteiger partial charge in [0, 0.05) is 22.7 Å². The van der Waals surface area contributed by atoms with Gasteiger partial charge in [0.1, 0.15) is 17.1 Å². The Balaban J connectivity index is 1.64. The first-order valence-electron chi connectivity index (χ1n) is 13.2. The van der Waals surface area contributed by atoms with Gasteiger partial charge in [0.15, 0.2) is 11.5 Å². The van der Waals surface area contributed by atoms with Crippen LogP contribution in [0.25, 0.3) is 11.3 Å². The molecule has 4 aromatic rings. The van der Waals surface area contributed by atoms with Gasteiger partial charge in [-0.15, -0.1) is 0 Å². The fourth-order valence-electron chi connectivity index (χ4n) is 4.96. The molecule has 3 aromatic carbocycles. The van der Waals surface area contributed by atoms with Gasteiger partial charge < -0.3 is 19.5 Å². The van der Waals surface area contributed by atoms with Gasteiger partial charge in [0.05, 0.1) is 19.3 Å². The third-order valence-corrected chi connectivity index (χ3v) is 7.34. The molecule has 1 aliphatic heterocycles. The number of halogens is 1. The van der Waals surface area contributed by atoms with Crippen molar-refractivity contribution in [2.24, 2.45) is 0 Å². The Kier molecular flexibility index (Phi) is 7.79. The van der Waals surface area contributed by atoms with Gasteiger partial charge in [-0.1, -0.05) is 61.3 Å².